The minimum Gasteiger partial charge on any atom is -0.361 e. The van der Waals surface area contributed by atoms with Crippen LogP contribution in [0, 0.1) is 0 Å². The van der Waals surface area contributed by atoms with Gasteiger partial charge in [0.25, 0.3) is 0 Å². The van der Waals surface area contributed by atoms with Crippen LogP contribution in [0.5, 0.6) is 0 Å². The predicted octanol–water partition coefficient (Wildman–Crippen LogP) is 3.65. The van der Waals surface area contributed by atoms with Gasteiger partial charge < -0.3 is 10.6 Å². The number of rotatable bonds is 4. The Kier molecular flexibility index (Phi) is 5.41. The largest absolute Gasteiger partial charge is 0.416 e. The van der Waals surface area contributed by atoms with Crippen molar-refractivity contribution < 1.29 is 13.2 Å². The van der Waals surface area contributed by atoms with Gasteiger partial charge in [-0.3, -0.25) is 4.68 Å². The van der Waals surface area contributed by atoms with E-state index >= 15 is 0 Å². The molecule has 2 aromatic rings. The molecule has 0 saturated heterocycles. The fraction of sp³-hybridized carbons (Fsp3) is 0.231. The van der Waals surface area contributed by atoms with Gasteiger partial charge in [0.1, 0.15) is 0 Å². The molecule has 0 atom stereocenters. The number of nitrogens with one attached hydrogen (secondary N) is 2. The van der Waals surface area contributed by atoms with Gasteiger partial charge in [-0.2, -0.15) is 18.3 Å². The summed E-state index contributed by atoms with van der Waals surface area (Å²) in [6.07, 6.45) is -0.898. The van der Waals surface area contributed by atoms with Crippen LogP contribution in [0.1, 0.15) is 5.56 Å². The smallest absolute Gasteiger partial charge is 0.361 e. The van der Waals surface area contributed by atoms with Crippen molar-refractivity contribution in [3.63, 3.8) is 0 Å². The van der Waals surface area contributed by atoms with Crippen molar-refractivity contribution in [1.29, 1.82) is 0 Å². The van der Waals surface area contributed by atoms with Gasteiger partial charge in [0.2, 0.25) is 0 Å². The zero-order chi connectivity index (χ0) is 16.2. The summed E-state index contributed by atoms with van der Waals surface area (Å²) in [5, 5.41) is 9.97. The summed E-state index contributed by atoms with van der Waals surface area (Å²) in [6.45, 7) is 1.08. The highest BCUT2D eigenvalue weighted by molar-refractivity contribution is 9.10. The van der Waals surface area contributed by atoms with Gasteiger partial charge in [0.05, 0.1) is 22.8 Å². The molecule has 0 fully saturated rings. The predicted molar refractivity (Wildman–Crippen MR) is 85.6 cm³/mol. The Balaban J connectivity index is 1.84. The second-order valence-electron chi connectivity index (χ2n) is 4.38. The van der Waals surface area contributed by atoms with E-state index in [-0.39, 0.29) is 10.8 Å². The number of alkyl halides is 3. The van der Waals surface area contributed by atoms with E-state index < -0.39 is 11.7 Å². The molecule has 1 aromatic heterocycles. The minimum atomic E-state index is -4.37. The van der Waals surface area contributed by atoms with Gasteiger partial charge in [-0.15, -0.1) is 0 Å². The summed E-state index contributed by atoms with van der Waals surface area (Å²) in [6, 6.07) is 4.87. The Labute approximate surface area is 138 Å². The molecule has 0 aliphatic rings. The fourth-order valence-electron chi connectivity index (χ4n) is 1.69. The van der Waals surface area contributed by atoms with E-state index in [0.717, 1.165) is 16.6 Å². The van der Waals surface area contributed by atoms with Gasteiger partial charge in [-0.1, -0.05) is 6.07 Å². The first-order valence-electron chi connectivity index (χ1n) is 6.24. The summed E-state index contributed by atoms with van der Waals surface area (Å²) in [4.78, 5) is 0. The molecule has 0 aliphatic heterocycles. The number of anilines is 1. The number of nitrogens with zero attached hydrogens (tertiary/aromatic N) is 2. The third-order valence-corrected chi connectivity index (χ3v) is 3.33. The SMILES string of the molecule is FC(F)(F)c1cccc(NC(=S)NCCn2cc(Br)cn2)c1. The molecular weight excluding hydrogens is 381 g/mol. The summed E-state index contributed by atoms with van der Waals surface area (Å²) < 4.78 is 40.4. The lowest BCUT2D eigenvalue weighted by molar-refractivity contribution is -0.137. The number of hydrogen-bond donors (Lipinski definition) is 2. The van der Waals surface area contributed by atoms with E-state index in [4.69, 9.17) is 12.2 Å². The number of aromatic nitrogens is 2. The first kappa shape index (κ1) is 16.8. The molecule has 1 heterocycles. The average molecular weight is 393 g/mol. The van der Waals surface area contributed by atoms with Crippen LogP contribution in [-0.4, -0.2) is 21.4 Å². The molecule has 118 valence electrons. The van der Waals surface area contributed by atoms with Crippen LogP contribution in [0.25, 0.3) is 0 Å². The molecule has 0 unspecified atom stereocenters. The third kappa shape index (κ3) is 4.99. The zero-order valence-corrected chi connectivity index (χ0v) is 13.6. The molecule has 2 N–H and O–H groups in total. The number of benzene rings is 1. The molecule has 0 bridgehead atoms. The topological polar surface area (TPSA) is 41.9 Å². The molecule has 2 rings (SSSR count). The fourth-order valence-corrected chi connectivity index (χ4v) is 2.24. The molecule has 0 radical (unpaired) electrons. The molecule has 1 aromatic carbocycles. The van der Waals surface area contributed by atoms with Gasteiger partial charge >= 0.3 is 6.18 Å². The van der Waals surface area contributed by atoms with Crippen molar-refractivity contribution in [3.8, 4) is 0 Å². The average Bonchev–Trinajstić information content (AvgIpc) is 2.84. The lowest BCUT2D eigenvalue weighted by Gasteiger charge is -2.12. The lowest BCUT2D eigenvalue weighted by atomic mass is 10.2. The maximum atomic E-state index is 12.6. The first-order valence-corrected chi connectivity index (χ1v) is 7.45. The van der Waals surface area contributed by atoms with E-state index in [1.54, 1.807) is 10.9 Å². The second-order valence-corrected chi connectivity index (χ2v) is 5.71. The van der Waals surface area contributed by atoms with Crippen LogP contribution >= 0.6 is 28.1 Å². The van der Waals surface area contributed by atoms with Gasteiger partial charge in [0, 0.05) is 18.4 Å². The van der Waals surface area contributed by atoms with Crippen LogP contribution in [0.15, 0.2) is 41.1 Å². The highest BCUT2D eigenvalue weighted by atomic mass is 79.9. The summed E-state index contributed by atoms with van der Waals surface area (Å²) in [5.41, 5.74) is -0.434. The van der Waals surface area contributed by atoms with Crippen LogP contribution in [0.2, 0.25) is 0 Å². The summed E-state index contributed by atoms with van der Waals surface area (Å²) in [7, 11) is 0. The van der Waals surface area contributed by atoms with Crippen LogP contribution < -0.4 is 10.6 Å². The third-order valence-electron chi connectivity index (χ3n) is 2.68. The maximum Gasteiger partial charge on any atom is 0.416 e. The van der Waals surface area contributed by atoms with Crippen LogP contribution in [0.3, 0.4) is 0 Å². The number of hydrogen-bond acceptors (Lipinski definition) is 2. The van der Waals surface area contributed by atoms with E-state index in [1.807, 2.05) is 6.20 Å². The minimum absolute atomic E-state index is 0.255. The Morgan fingerprint density at radius 2 is 2.14 bits per heavy atom. The van der Waals surface area contributed by atoms with Crippen LogP contribution in [0.4, 0.5) is 18.9 Å². The van der Waals surface area contributed by atoms with Gasteiger partial charge in [-0.25, -0.2) is 0 Å². The van der Waals surface area contributed by atoms with Crippen LogP contribution in [-0.2, 0) is 12.7 Å². The summed E-state index contributed by atoms with van der Waals surface area (Å²) >= 11 is 8.34. The Bertz CT molecular complexity index is 657. The van der Waals surface area contributed by atoms with Crippen molar-refractivity contribution in [3.05, 3.63) is 46.7 Å². The highest BCUT2D eigenvalue weighted by Crippen LogP contribution is 2.30. The van der Waals surface area contributed by atoms with E-state index in [2.05, 4.69) is 31.7 Å². The van der Waals surface area contributed by atoms with Gasteiger partial charge in [0.15, 0.2) is 5.11 Å². The normalized spacial score (nSPS) is 11.3. The standard InChI is InChI=1S/C13H12BrF3N4S/c14-10-7-19-21(8-10)5-4-18-12(22)20-11-3-1-2-9(6-11)13(15,16)17/h1-3,6-8H,4-5H2,(H2,18,20,22). The number of thiocarbonyl (C=S) groups is 1. The number of halogens is 4. The summed E-state index contributed by atoms with van der Waals surface area (Å²) in [5.74, 6) is 0. The molecule has 4 nitrogen and oxygen atoms in total. The Morgan fingerprint density at radius 1 is 1.36 bits per heavy atom. The molecule has 9 heteroatoms. The molecule has 0 aliphatic carbocycles. The molecule has 0 spiro atoms. The van der Waals surface area contributed by atoms with E-state index in [0.29, 0.717) is 13.1 Å². The van der Waals surface area contributed by atoms with Crippen molar-refractivity contribution in [2.45, 2.75) is 12.7 Å². The van der Waals surface area contributed by atoms with E-state index in [1.165, 1.54) is 12.1 Å². The quantitative estimate of drug-likeness (QED) is 0.779. The Morgan fingerprint density at radius 3 is 2.77 bits per heavy atom. The van der Waals surface area contributed by atoms with Gasteiger partial charge in [-0.05, 0) is 46.3 Å². The lowest BCUT2D eigenvalue weighted by Crippen LogP contribution is -2.31. The second kappa shape index (κ2) is 7.10. The van der Waals surface area contributed by atoms with Crippen molar-refractivity contribution in [1.82, 2.24) is 15.1 Å². The highest BCUT2D eigenvalue weighted by Gasteiger charge is 2.30. The Hall–Kier alpha value is -1.61. The molecule has 22 heavy (non-hydrogen) atoms. The monoisotopic (exact) mass is 392 g/mol. The molecule has 0 saturated carbocycles. The zero-order valence-electron chi connectivity index (χ0n) is 11.2. The van der Waals surface area contributed by atoms with Crippen molar-refractivity contribution in [2.24, 2.45) is 0 Å². The first-order chi connectivity index (χ1) is 10.3. The molecular formula is C13H12BrF3N4S. The maximum absolute atomic E-state index is 12.6. The molecule has 0 amide bonds. The van der Waals surface area contributed by atoms with Crippen molar-refractivity contribution >= 4 is 38.9 Å². The van der Waals surface area contributed by atoms with Crippen molar-refractivity contribution in [2.75, 3.05) is 11.9 Å². The van der Waals surface area contributed by atoms with E-state index in [9.17, 15) is 13.2 Å².